The second-order valence-corrected chi connectivity index (χ2v) is 8.25. The third kappa shape index (κ3) is 8.35. The summed E-state index contributed by atoms with van der Waals surface area (Å²) in [5.41, 5.74) is 2.71. The first-order valence-electron chi connectivity index (χ1n) is 11.7. The number of anilines is 1. The van der Waals surface area contributed by atoms with Crippen LogP contribution in [0.25, 0.3) is 11.1 Å². The molecule has 2 aromatic carbocycles. The first kappa shape index (κ1) is 24.5. The summed E-state index contributed by atoms with van der Waals surface area (Å²) in [4.78, 5) is 37.0. The van der Waals surface area contributed by atoms with E-state index in [1.165, 1.54) is 0 Å². The first-order valence-corrected chi connectivity index (χ1v) is 11.7. The van der Waals surface area contributed by atoms with E-state index in [4.69, 9.17) is 4.74 Å². The number of para-hydroxylation sites is 1. The minimum Gasteiger partial charge on any atom is -0.446 e. The number of likely N-dealkylation sites (tertiary alicyclic amines) is 1. The van der Waals surface area contributed by atoms with Crippen LogP contribution in [0.1, 0.15) is 38.5 Å². The third-order valence-electron chi connectivity index (χ3n) is 5.78. The molecule has 7 heteroatoms. The van der Waals surface area contributed by atoms with Gasteiger partial charge in [-0.25, -0.2) is 4.79 Å². The highest BCUT2D eigenvalue weighted by atomic mass is 16.6. The molecule has 0 radical (unpaired) electrons. The number of aldehydes is 1. The number of piperidine rings is 1. The zero-order valence-corrected chi connectivity index (χ0v) is 19.0. The van der Waals surface area contributed by atoms with Gasteiger partial charge >= 0.3 is 6.09 Å². The van der Waals surface area contributed by atoms with Gasteiger partial charge in [0.2, 0.25) is 5.91 Å². The van der Waals surface area contributed by atoms with Crippen molar-refractivity contribution in [1.82, 2.24) is 10.2 Å². The molecule has 0 spiro atoms. The molecule has 0 unspecified atom stereocenters. The number of ether oxygens (including phenoxy) is 1. The third-order valence-corrected chi connectivity index (χ3v) is 5.78. The van der Waals surface area contributed by atoms with Crippen molar-refractivity contribution in [3.8, 4) is 11.1 Å². The molecular weight excluding hydrogens is 418 g/mol. The molecule has 1 aliphatic heterocycles. The summed E-state index contributed by atoms with van der Waals surface area (Å²) in [6.45, 7) is 2.91. The fourth-order valence-corrected chi connectivity index (χ4v) is 3.93. The Hall–Kier alpha value is -3.19. The van der Waals surface area contributed by atoms with Gasteiger partial charge in [-0.3, -0.25) is 10.1 Å². The minimum absolute atomic E-state index is 0.0379. The van der Waals surface area contributed by atoms with Crippen LogP contribution in [0.2, 0.25) is 0 Å². The van der Waals surface area contributed by atoms with Crippen molar-refractivity contribution in [3.63, 3.8) is 0 Å². The molecule has 33 heavy (non-hydrogen) atoms. The van der Waals surface area contributed by atoms with Crippen LogP contribution < -0.4 is 10.6 Å². The number of carbonyl (C=O) groups is 3. The normalized spacial score (nSPS) is 14.4. The summed E-state index contributed by atoms with van der Waals surface area (Å²) in [7, 11) is 0. The average Bonchev–Trinajstić information content (AvgIpc) is 2.84. The first-order chi connectivity index (χ1) is 16.2. The van der Waals surface area contributed by atoms with Gasteiger partial charge in [0.1, 0.15) is 12.4 Å². The van der Waals surface area contributed by atoms with Crippen molar-refractivity contribution in [1.29, 1.82) is 0 Å². The Morgan fingerprint density at radius 1 is 1.00 bits per heavy atom. The van der Waals surface area contributed by atoms with Gasteiger partial charge in [0, 0.05) is 44.6 Å². The molecule has 1 aliphatic rings. The van der Waals surface area contributed by atoms with E-state index in [0.717, 1.165) is 61.9 Å². The predicted molar refractivity (Wildman–Crippen MR) is 129 cm³/mol. The van der Waals surface area contributed by atoms with E-state index in [-0.39, 0.29) is 12.0 Å². The van der Waals surface area contributed by atoms with Gasteiger partial charge in [-0.15, -0.1) is 0 Å². The SMILES string of the molecule is O=CCCCCNC(=O)CCN1CCC(OC(=O)Nc2ccccc2-c2ccccc2)CC1. The Labute approximate surface area is 195 Å². The quantitative estimate of drug-likeness (QED) is 0.394. The lowest BCUT2D eigenvalue weighted by Gasteiger charge is -2.31. The lowest BCUT2D eigenvalue weighted by atomic mass is 10.0. The number of amides is 2. The molecule has 0 atom stereocenters. The number of hydrogen-bond donors (Lipinski definition) is 2. The molecule has 2 amide bonds. The van der Waals surface area contributed by atoms with E-state index in [0.29, 0.717) is 25.9 Å². The number of nitrogens with one attached hydrogen (secondary N) is 2. The van der Waals surface area contributed by atoms with Crippen LogP contribution in [0.3, 0.4) is 0 Å². The second kappa shape index (κ2) is 13.4. The minimum atomic E-state index is -0.439. The van der Waals surface area contributed by atoms with Crippen molar-refractivity contribution < 1.29 is 19.1 Å². The number of carbonyl (C=O) groups excluding carboxylic acids is 3. The smallest absolute Gasteiger partial charge is 0.411 e. The molecule has 0 aliphatic carbocycles. The molecule has 1 heterocycles. The standard InChI is InChI=1S/C26H33N3O4/c30-20-8-2-7-16-27-25(31)15-19-29-17-13-22(14-18-29)33-26(32)28-24-12-6-5-11-23(24)21-9-3-1-4-10-21/h1,3-6,9-12,20,22H,2,7-8,13-19H2,(H,27,31)(H,28,32). The summed E-state index contributed by atoms with van der Waals surface area (Å²) in [5, 5.41) is 5.79. The molecule has 1 fully saturated rings. The van der Waals surface area contributed by atoms with E-state index in [1.807, 2.05) is 54.6 Å². The summed E-state index contributed by atoms with van der Waals surface area (Å²) in [6.07, 6.45) is 4.47. The highest BCUT2D eigenvalue weighted by molar-refractivity contribution is 5.91. The zero-order chi connectivity index (χ0) is 23.3. The van der Waals surface area contributed by atoms with Gasteiger partial charge in [-0.05, 0) is 37.3 Å². The maximum absolute atomic E-state index is 12.5. The Balaban J connectivity index is 1.36. The summed E-state index contributed by atoms with van der Waals surface area (Å²) >= 11 is 0. The van der Waals surface area contributed by atoms with Gasteiger partial charge in [-0.1, -0.05) is 48.5 Å². The van der Waals surface area contributed by atoms with Crippen molar-refractivity contribution >= 4 is 24.0 Å². The number of hydrogen-bond acceptors (Lipinski definition) is 5. The van der Waals surface area contributed by atoms with Crippen LogP contribution >= 0.6 is 0 Å². The Kier molecular flexibility index (Phi) is 9.91. The maximum Gasteiger partial charge on any atom is 0.411 e. The van der Waals surface area contributed by atoms with Gasteiger partial charge in [0.05, 0.1) is 5.69 Å². The lowest BCUT2D eigenvalue weighted by molar-refractivity contribution is -0.121. The molecule has 0 saturated carbocycles. The summed E-state index contributed by atoms with van der Waals surface area (Å²) < 4.78 is 5.66. The fourth-order valence-electron chi connectivity index (χ4n) is 3.93. The fraction of sp³-hybridized carbons (Fsp3) is 0.423. The molecule has 3 rings (SSSR count). The van der Waals surface area contributed by atoms with Gasteiger partial charge in [0.25, 0.3) is 0 Å². The molecule has 0 bridgehead atoms. The van der Waals surface area contributed by atoms with Crippen LogP contribution in [0.15, 0.2) is 54.6 Å². The van der Waals surface area contributed by atoms with Gasteiger partial charge in [-0.2, -0.15) is 0 Å². The maximum atomic E-state index is 12.5. The van der Waals surface area contributed by atoms with Crippen LogP contribution in [-0.2, 0) is 14.3 Å². The molecule has 0 aromatic heterocycles. The number of unbranched alkanes of at least 4 members (excludes halogenated alkanes) is 2. The summed E-state index contributed by atoms with van der Waals surface area (Å²) in [5.74, 6) is 0.0379. The Morgan fingerprint density at radius 2 is 1.73 bits per heavy atom. The van der Waals surface area contributed by atoms with E-state index in [2.05, 4.69) is 15.5 Å². The topological polar surface area (TPSA) is 87.7 Å². The monoisotopic (exact) mass is 451 g/mol. The van der Waals surface area contributed by atoms with Crippen LogP contribution in [0, 0.1) is 0 Å². The largest absolute Gasteiger partial charge is 0.446 e. The van der Waals surface area contributed by atoms with Crippen LogP contribution in [0.4, 0.5) is 10.5 Å². The highest BCUT2D eigenvalue weighted by Gasteiger charge is 2.23. The second-order valence-electron chi connectivity index (χ2n) is 8.25. The molecule has 2 aromatic rings. The Morgan fingerprint density at radius 3 is 2.48 bits per heavy atom. The average molecular weight is 452 g/mol. The molecule has 2 N–H and O–H groups in total. The highest BCUT2D eigenvalue weighted by Crippen LogP contribution is 2.28. The molecule has 1 saturated heterocycles. The molecular formula is C26H33N3O4. The van der Waals surface area contributed by atoms with Crippen molar-refractivity contribution in [3.05, 3.63) is 54.6 Å². The van der Waals surface area contributed by atoms with E-state index in [9.17, 15) is 14.4 Å². The molecule has 176 valence electrons. The van der Waals surface area contributed by atoms with Gasteiger partial charge in [0.15, 0.2) is 0 Å². The number of rotatable bonds is 11. The van der Waals surface area contributed by atoms with E-state index in [1.54, 1.807) is 0 Å². The summed E-state index contributed by atoms with van der Waals surface area (Å²) in [6, 6.07) is 17.6. The molecule has 7 nitrogen and oxygen atoms in total. The van der Waals surface area contributed by atoms with Crippen molar-refractivity contribution in [2.24, 2.45) is 0 Å². The van der Waals surface area contributed by atoms with Gasteiger partial charge < -0.3 is 19.7 Å². The number of benzene rings is 2. The van der Waals surface area contributed by atoms with Crippen LogP contribution in [0.5, 0.6) is 0 Å². The predicted octanol–water partition coefficient (Wildman–Crippen LogP) is 4.24. The lowest BCUT2D eigenvalue weighted by Crippen LogP contribution is -2.40. The van der Waals surface area contributed by atoms with Crippen molar-refractivity contribution in [2.45, 2.75) is 44.6 Å². The van der Waals surface area contributed by atoms with E-state index >= 15 is 0 Å². The van der Waals surface area contributed by atoms with Crippen LogP contribution in [-0.4, -0.2) is 55.5 Å². The number of nitrogens with zero attached hydrogens (tertiary/aromatic N) is 1. The zero-order valence-electron chi connectivity index (χ0n) is 19.0. The van der Waals surface area contributed by atoms with E-state index < -0.39 is 6.09 Å². The Bertz CT molecular complexity index is 895. The van der Waals surface area contributed by atoms with Crippen molar-refractivity contribution in [2.75, 3.05) is 31.5 Å².